The Morgan fingerprint density at radius 1 is 1.21 bits per heavy atom. The molecule has 1 saturated carbocycles. The average Bonchev–Trinajstić information content (AvgIpc) is 2.36. The summed E-state index contributed by atoms with van der Waals surface area (Å²) in [4.78, 5) is 16.6. The topological polar surface area (TPSA) is 38.3 Å². The Balaban J connectivity index is 2.10. The summed E-state index contributed by atoms with van der Waals surface area (Å²) >= 11 is 0. The third-order valence-electron chi connectivity index (χ3n) is 3.58. The lowest BCUT2D eigenvalue weighted by atomic mass is 9.81. The highest BCUT2D eigenvalue weighted by molar-refractivity contribution is 5.59. The first-order valence-corrected chi connectivity index (χ1v) is 5.68. The normalized spacial score (nSPS) is 39.3. The molecule has 1 saturated heterocycles. The monoisotopic (exact) mass is 197 g/mol. The molecule has 3 nitrogen and oxygen atoms in total. The number of carbonyl (C=O) groups is 1. The molecule has 0 aromatic heterocycles. The molecule has 2 atom stereocenters. The van der Waals surface area contributed by atoms with E-state index in [1.54, 1.807) is 0 Å². The van der Waals surface area contributed by atoms with Gasteiger partial charge in [-0.2, -0.15) is 5.48 Å². The molecule has 0 aromatic carbocycles. The van der Waals surface area contributed by atoms with E-state index in [1.165, 1.54) is 25.7 Å². The standard InChI is InChI=1S/C11H19NO2/c13-8-11-6-3-1-2-4-10(5-7-11)12-14-9-11/h8,10,12H,1-7,9H2. The van der Waals surface area contributed by atoms with Crippen LogP contribution in [0.25, 0.3) is 0 Å². The molecule has 3 heteroatoms. The second-order valence-electron chi connectivity index (χ2n) is 4.72. The minimum atomic E-state index is -0.188. The maximum Gasteiger partial charge on any atom is 0.128 e. The lowest BCUT2D eigenvalue weighted by Crippen LogP contribution is -2.30. The fraction of sp³-hybridized carbons (Fsp3) is 0.909. The van der Waals surface area contributed by atoms with Gasteiger partial charge in [-0.25, -0.2) is 0 Å². The van der Waals surface area contributed by atoms with Gasteiger partial charge >= 0.3 is 0 Å². The van der Waals surface area contributed by atoms with E-state index in [2.05, 4.69) is 5.48 Å². The van der Waals surface area contributed by atoms with Crippen molar-refractivity contribution in [2.45, 2.75) is 51.0 Å². The molecule has 0 spiro atoms. The molecule has 2 unspecified atom stereocenters. The SMILES string of the molecule is O=CC12CCCCCC(CC1)NOC2. The maximum absolute atomic E-state index is 11.2. The van der Waals surface area contributed by atoms with Crippen LogP contribution in [0, 0.1) is 5.41 Å². The number of rotatable bonds is 1. The van der Waals surface area contributed by atoms with Crippen molar-refractivity contribution in [2.75, 3.05) is 6.61 Å². The quantitative estimate of drug-likeness (QED) is 0.652. The van der Waals surface area contributed by atoms with E-state index >= 15 is 0 Å². The van der Waals surface area contributed by atoms with Gasteiger partial charge in [0.05, 0.1) is 12.0 Å². The van der Waals surface area contributed by atoms with Crippen molar-refractivity contribution < 1.29 is 9.63 Å². The highest BCUT2D eigenvalue weighted by atomic mass is 16.6. The van der Waals surface area contributed by atoms with Crippen LogP contribution in [0.1, 0.15) is 44.9 Å². The van der Waals surface area contributed by atoms with Gasteiger partial charge < -0.3 is 9.63 Å². The Kier molecular flexibility index (Phi) is 3.19. The predicted molar refractivity (Wildman–Crippen MR) is 53.7 cm³/mol. The number of hydroxylamine groups is 1. The number of nitrogens with one attached hydrogen (secondary N) is 1. The molecule has 2 bridgehead atoms. The van der Waals surface area contributed by atoms with Gasteiger partial charge in [0, 0.05) is 6.04 Å². The zero-order valence-electron chi connectivity index (χ0n) is 8.63. The molecule has 2 rings (SSSR count). The summed E-state index contributed by atoms with van der Waals surface area (Å²) in [7, 11) is 0. The van der Waals surface area contributed by atoms with Crippen molar-refractivity contribution in [3.63, 3.8) is 0 Å². The van der Waals surface area contributed by atoms with E-state index in [-0.39, 0.29) is 5.41 Å². The van der Waals surface area contributed by atoms with E-state index in [1.807, 2.05) is 0 Å². The summed E-state index contributed by atoms with van der Waals surface area (Å²) in [5.41, 5.74) is 2.89. The van der Waals surface area contributed by atoms with Crippen LogP contribution in [0.5, 0.6) is 0 Å². The Morgan fingerprint density at radius 2 is 2.14 bits per heavy atom. The molecule has 1 aliphatic carbocycles. The van der Waals surface area contributed by atoms with E-state index in [0.29, 0.717) is 12.6 Å². The van der Waals surface area contributed by atoms with Gasteiger partial charge in [-0.15, -0.1) is 0 Å². The molecule has 2 aliphatic rings. The number of hydrogen-bond acceptors (Lipinski definition) is 3. The Labute approximate surface area is 85.2 Å². The summed E-state index contributed by atoms with van der Waals surface area (Å²) in [5, 5.41) is 0. The van der Waals surface area contributed by atoms with Gasteiger partial charge in [0.1, 0.15) is 6.29 Å². The van der Waals surface area contributed by atoms with Crippen molar-refractivity contribution in [3.05, 3.63) is 0 Å². The molecule has 80 valence electrons. The smallest absolute Gasteiger partial charge is 0.128 e. The van der Waals surface area contributed by atoms with Crippen molar-refractivity contribution in [2.24, 2.45) is 5.41 Å². The molecular formula is C11H19NO2. The predicted octanol–water partition coefficient (Wildman–Crippen LogP) is 1.82. The zero-order chi connectivity index (χ0) is 9.86. The van der Waals surface area contributed by atoms with E-state index in [0.717, 1.165) is 25.5 Å². The first kappa shape index (κ1) is 10.1. The molecule has 1 heterocycles. The summed E-state index contributed by atoms with van der Waals surface area (Å²) < 4.78 is 0. The van der Waals surface area contributed by atoms with Crippen LogP contribution in [-0.2, 0) is 9.63 Å². The van der Waals surface area contributed by atoms with Crippen molar-refractivity contribution in [3.8, 4) is 0 Å². The summed E-state index contributed by atoms with van der Waals surface area (Å²) in [6.07, 6.45) is 9.09. The Bertz CT molecular complexity index is 207. The van der Waals surface area contributed by atoms with Crippen LogP contribution in [-0.4, -0.2) is 18.9 Å². The number of hydrogen-bond donors (Lipinski definition) is 1. The van der Waals surface area contributed by atoms with Crippen LogP contribution >= 0.6 is 0 Å². The largest absolute Gasteiger partial charge is 0.303 e. The summed E-state index contributed by atoms with van der Waals surface area (Å²) in [5.74, 6) is 0. The minimum absolute atomic E-state index is 0.188. The van der Waals surface area contributed by atoms with Crippen LogP contribution in [0.3, 0.4) is 0 Å². The van der Waals surface area contributed by atoms with E-state index in [9.17, 15) is 4.79 Å². The molecule has 2 fully saturated rings. The van der Waals surface area contributed by atoms with Crippen LogP contribution in [0.4, 0.5) is 0 Å². The van der Waals surface area contributed by atoms with Gasteiger partial charge in [0.2, 0.25) is 0 Å². The lowest BCUT2D eigenvalue weighted by molar-refractivity contribution is -0.122. The first-order chi connectivity index (χ1) is 6.85. The molecule has 14 heavy (non-hydrogen) atoms. The Morgan fingerprint density at radius 3 is 3.00 bits per heavy atom. The molecule has 1 N–H and O–H groups in total. The fourth-order valence-electron chi connectivity index (χ4n) is 2.49. The van der Waals surface area contributed by atoms with Gasteiger partial charge in [0.25, 0.3) is 0 Å². The van der Waals surface area contributed by atoms with Crippen molar-refractivity contribution in [1.82, 2.24) is 5.48 Å². The summed E-state index contributed by atoms with van der Waals surface area (Å²) in [6.45, 7) is 0.562. The molecule has 0 aromatic rings. The van der Waals surface area contributed by atoms with Crippen molar-refractivity contribution in [1.29, 1.82) is 0 Å². The highest BCUT2D eigenvalue weighted by Crippen LogP contribution is 2.33. The van der Waals surface area contributed by atoms with Crippen LogP contribution < -0.4 is 5.48 Å². The zero-order valence-corrected chi connectivity index (χ0v) is 8.63. The van der Waals surface area contributed by atoms with E-state index < -0.39 is 0 Å². The third-order valence-corrected chi connectivity index (χ3v) is 3.58. The number of aldehydes is 1. The first-order valence-electron chi connectivity index (χ1n) is 5.68. The second kappa shape index (κ2) is 4.41. The van der Waals surface area contributed by atoms with Gasteiger partial charge in [0.15, 0.2) is 0 Å². The van der Waals surface area contributed by atoms with Gasteiger partial charge in [-0.3, -0.25) is 0 Å². The Hall–Kier alpha value is -0.410. The highest BCUT2D eigenvalue weighted by Gasteiger charge is 2.34. The van der Waals surface area contributed by atoms with Crippen LogP contribution in [0.2, 0.25) is 0 Å². The molecular weight excluding hydrogens is 178 g/mol. The van der Waals surface area contributed by atoms with Gasteiger partial charge in [-0.1, -0.05) is 19.3 Å². The number of fused-ring (bicyclic) bond motifs is 3. The van der Waals surface area contributed by atoms with Crippen molar-refractivity contribution >= 4 is 6.29 Å². The molecule has 1 aliphatic heterocycles. The fourth-order valence-corrected chi connectivity index (χ4v) is 2.49. The minimum Gasteiger partial charge on any atom is -0.303 e. The third kappa shape index (κ3) is 2.15. The van der Waals surface area contributed by atoms with Gasteiger partial charge in [-0.05, 0) is 25.7 Å². The molecule has 0 amide bonds. The lowest BCUT2D eigenvalue weighted by Gasteiger charge is -2.24. The summed E-state index contributed by atoms with van der Waals surface area (Å²) in [6, 6.07) is 0.468. The van der Waals surface area contributed by atoms with Crippen LogP contribution in [0.15, 0.2) is 0 Å². The number of carbonyl (C=O) groups excluding carboxylic acids is 1. The average molecular weight is 197 g/mol. The second-order valence-corrected chi connectivity index (χ2v) is 4.72. The van der Waals surface area contributed by atoms with E-state index in [4.69, 9.17) is 4.84 Å². The maximum atomic E-state index is 11.2. The molecule has 0 radical (unpaired) electrons.